The Morgan fingerprint density at radius 2 is 1.90 bits per heavy atom. The molecule has 154 valence electrons. The summed E-state index contributed by atoms with van der Waals surface area (Å²) in [6, 6.07) is 11.1. The largest absolute Gasteiger partial charge is 0.272 e. The van der Waals surface area contributed by atoms with Crippen LogP contribution in [0.5, 0.6) is 0 Å². The van der Waals surface area contributed by atoms with Crippen LogP contribution in [0.15, 0.2) is 58.7 Å². The predicted molar refractivity (Wildman–Crippen MR) is 112 cm³/mol. The minimum atomic E-state index is -3.84. The van der Waals surface area contributed by atoms with E-state index in [9.17, 15) is 13.2 Å². The fourth-order valence-corrected chi connectivity index (χ4v) is 5.09. The van der Waals surface area contributed by atoms with Crippen molar-refractivity contribution in [2.24, 2.45) is 5.10 Å². The van der Waals surface area contributed by atoms with E-state index in [1.807, 2.05) is 0 Å². The number of aromatic nitrogens is 1. The van der Waals surface area contributed by atoms with Crippen LogP contribution in [0.4, 0.5) is 0 Å². The molecule has 0 aliphatic heterocycles. The van der Waals surface area contributed by atoms with Crippen LogP contribution in [0, 0.1) is 0 Å². The predicted octanol–water partition coefficient (Wildman–Crippen LogP) is 3.21. The van der Waals surface area contributed by atoms with Crippen molar-refractivity contribution < 1.29 is 13.2 Å². The molecule has 0 bridgehead atoms. The molecule has 0 saturated heterocycles. The highest BCUT2D eigenvalue weighted by atomic mass is 35.5. The molecule has 1 aliphatic carbocycles. The minimum absolute atomic E-state index is 0.122. The van der Waals surface area contributed by atoms with Crippen LogP contribution in [0.1, 0.15) is 37.8 Å². The minimum Gasteiger partial charge on any atom is -0.272 e. The monoisotopic (exact) mass is 434 g/mol. The maximum atomic E-state index is 13.2. The van der Waals surface area contributed by atoms with Crippen LogP contribution in [0.2, 0.25) is 5.02 Å². The average molecular weight is 435 g/mol. The molecule has 3 rings (SSSR count). The SMILES string of the molecule is O=C(CN(C1CCCCC1)S(=O)(=O)c1ccc(Cl)cc1)N/N=C/c1ccccn1. The molecule has 1 aromatic carbocycles. The Balaban J connectivity index is 1.75. The van der Waals surface area contributed by atoms with Gasteiger partial charge >= 0.3 is 0 Å². The van der Waals surface area contributed by atoms with E-state index in [4.69, 9.17) is 11.6 Å². The van der Waals surface area contributed by atoms with E-state index < -0.39 is 15.9 Å². The number of sulfonamides is 1. The third kappa shape index (κ3) is 5.85. The second-order valence-corrected chi connectivity index (χ2v) is 9.17. The molecule has 0 atom stereocenters. The zero-order chi connectivity index (χ0) is 20.7. The molecule has 2 aromatic rings. The van der Waals surface area contributed by atoms with Crippen LogP contribution >= 0.6 is 11.6 Å². The number of hydrogen-bond acceptors (Lipinski definition) is 5. The van der Waals surface area contributed by atoms with Crippen LogP contribution in [-0.2, 0) is 14.8 Å². The maximum absolute atomic E-state index is 13.2. The molecule has 1 amide bonds. The van der Waals surface area contributed by atoms with E-state index in [1.165, 1.54) is 34.8 Å². The Morgan fingerprint density at radius 3 is 2.55 bits per heavy atom. The van der Waals surface area contributed by atoms with Crippen molar-refractivity contribution in [3.63, 3.8) is 0 Å². The molecule has 1 N–H and O–H groups in total. The van der Waals surface area contributed by atoms with Gasteiger partial charge in [0.1, 0.15) is 0 Å². The second kappa shape index (κ2) is 9.96. The van der Waals surface area contributed by atoms with Crippen LogP contribution in [0.3, 0.4) is 0 Å². The van der Waals surface area contributed by atoms with Crippen molar-refractivity contribution in [3.05, 3.63) is 59.4 Å². The van der Waals surface area contributed by atoms with Gasteiger partial charge in [-0.1, -0.05) is 36.9 Å². The van der Waals surface area contributed by atoms with E-state index in [-0.39, 0.29) is 17.5 Å². The average Bonchev–Trinajstić information content (AvgIpc) is 2.73. The van der Waals surface area contributed by atoms with E-state index in [0.29, 0.717) is 10.7 Å². The van der Waals surface area contributed by atoms with Crippen molar-refractivity contribution in [2.45, 2.75) is 43.0 Å². The second-order valence-electron chi connectivity index (χ2n) is 6.84. The highest BCUT2D eigenvalue weighted by molar-refractivity contribution is 7.89. The van der Waals surface area contributed by atoms with Gasteiger partial charge in [0.2, 0.25) is 10.0 Å². The van der Waals surface area contributed by atoms with Gasteiger partial charge in [0, 0.05) is 17.3 Å². The van der Waals surface area contributed by atoms with Gasteiger partial charge in [-0.15, -0.1) is 0 Å². The number of halogens is 1. The molecule has 1 aliphatic rings. The van der Waals surface area contributed by atoms with Gasteiger partial charge in [0.05, 0.1) is 23.3 Å². The topological polar surface area (TPSA) is 91.7 Å². The third-order valence-corrected chi connectivity index (χ3v) is 6.94. The highest BCUT2D eigenvalue weighted by Crippen LogP contribution is 2.28. The number of benzene rings is 1. The van der Waals surface area contributed by atoms with Gasteiger partial charge in [-0.25, -0.2) is 13.8 Å². The fourth-order valence-electron chi connectivity index (χ4n) is 3.32. The smallest absolute Gasteiger partial charge is 0.255 e. The Labute approximate surface area is 175 Å². The summed E-state index contributed by atoms with van der Waals surface area (Å²) in [6.07, 6.45) is 7.46. The van der Waals surface area contributed by atoms with Crippen LogP contribution in [-0.4, -0.2) is 42.4 Å². The Kier molecular flexibility index (Phi) is 7.35. The molecular formula is C20H23ClN4O3S. The number of pyridine rings is 1. The van der Waals surface area contributed by atoms with Gasteiger partial charge in [0.15, 0.2) is 0 Å². The van der Waals surface area contributed by atoms with Gasteiger partial charge in [-0.2, -0.15) is 9.41 Å². The third-order valence-electron chi connectivity index (χ3n) is 4.78. The molecule has 1 aromatic heterocycles. The highest BCUT2D eigenvalue weighted by Gasteiger charge is 2.33. The summed E-state index contributed by atoms with van der Waals surface area (Å²) < 4.78 is 27.7. The summed E-state index contributed by atoms with van der Waals surface area (Å²) in [7, 11) is -3.84. The Hall–Kier alpha value is -2.29. The quantitative estimate of drug-likeness (QED) is 0.535. The van der Waals surface area contributed by atoms with E-state index in [1.54, 1.807) is 24.4 Å². The van der Waals surface area contributed by atoms with Gasteiger partial charge in [-0.05, 0) is 49.2 Å². The number of nitrogens with zero attached hydrogens (tertiary/aromatic N) is 3. The number of hydrazone groups is 1. The summed E-state index contributed by atoms with van der Waals surface area (Å²) in [5.41, 5.74) is 2.99. The molecule has 0 unspecified atom stereocenters. The summed E-state index contributed by atoms with van der Waals surface area (Å²) >= 11 is 5.89. The van der Waals surface area contributed by atoms with Crippen molar-refractivity contribution in [3.8, 4) is 0 Å². The lowest BCUT2D eigenvalue weighted by molar-refractivity contribution is -0.121. The Morgan fingerprint density at radius 1 is 1.17 bits per heavy atom. The van der Waals surface area contributed by atoms with Gasteiger partial charge in [0.25, 0.3) is 5.91 Å². The maximum Gasteiger partial charge on any atom is 0.255 e. The Bertz CT molecular complexity index is 943. The molecule has 7 nitrogen and oxygen atoms in total. The van der Waals surface area contributed by atoms with Crippen molar-refractivity contribution in [2.75, 3.05) is 6.54 Å². The molecular weight excluding hydrogens is 412 g/mol. The number of rotatable bonds is 7. The van der Waals surface area contributed by atoms with Crippen LogP contribution < -0.4 is 5.43 Å². The molecule has 0 spiro atoms. The zero-order valence-electron chi connectivity index (χ0n) is 15.9. The summed E-state index contributed by atoms with van der Waals surface area (Å²) in [5.74, 6) is -0.500. The van der Waals surface area contributed by atoms with Gasteiger partial charge < -0.3 is 0 Å². The first kappa shape index (κ1) is 21.4. The lowest BCUT2D eigenvalue weighted by Crippen LogP contribution is -2.46. The molecule has 1 heterocycles. The number of carbonyl (C=O) groups excluding carboxylic acids is 1. The standard InChI is InChI=1S/C20H23ClN4O3S/c21-16-9-11-19(12-10-16)29(27,28)25(18-7-2-1-3-8-18)15-20(26)24-23-14-17-6-4-5-13-22-17/h4-6,9-14,18H,1-3,7-8,15H2,(H,24,26)/b23-14+. The van der Waals surface area contributed by atoms with E-state index >= 15 is 0 Å². The first-order valence-electron chi connectivity index (χ1n) is 9.47. The first-order valence-corrected chi connectivity index (χ1v) is 11.3. The van der Waals surface area contributed by atoms with E-state index in [0.717, 1.165) is 32.1 Å². The van der Waals surface area contributed by atoms with Gasteiger partial charge in [-0.3, -0.25) is 9.78 Å². The number of carbonyl (C=O) groups is 1. The summed E-state index contributed by atoms with van der Waals surface area (Å²) in [4.78, 5) is 16.6. The zero-order valence-corrected chi connectivity index (χ0v) is 17.4. The number of amides is 1. The number of hydrogen-bond donors (Lipinski definition) is 1. The lowest BCUT2D eigenvalue weighted by Gasteiger charge is -2.32. The van der Waals surface area contributed by atoms with Crippen molar-refractivity contribution in [1.82, 2.24) is 14.7 Å². The summed E-state index contributed by atoms with van der Waals surface area (Å²) in [6.45, 7) is -0.296. The molecule has 1 saturated carbocycles. The summed E-state index contributed by atoms with van der Waals surface area (Å²) in [5, 5.41) is 4.33. The van der Waals surface area contributed by atoms with E-state index in [2.05, 4.69) is 15.5 Å². The van der Waals surface area contributed by atoms with Crippen LogP contribution in [0.25, 0.3) is 0 Å². The molecule has 9 heteroatoms. The first-order chi connectivity index (χ1) is 14.0. The molecule has 1 fully saturated rings. The normalized spacial score (nSPS) is 15.7. The molecule has 29 heavy (non-hydrogen) atoms. The number of nitrogens with one attached hydrogen (secondary N) is 1. The van der Waals surface area contributed by atoms with Crippen molar-refractivity contribution >= 4 is 33.7 Å². The fraction of sp³-hybridized carbons (Fsp3) is 0.350. The van der Waals surface area contributed by atoms with Crippen molar-refractivity contribution in [1.29, 1.82) is 0 Å². The molecule has 0 radical (unpaired) electrons. The lowest BCUT2D eigenvalue weighted by atomic mass is 9.95.